The van der Waals surface area contributed by atoms with Gasteiger partial charge in [0, 0.05) is 12.1 Å². The first-order chi connectivity index (χ1) is 12.0. The van der Waals surface area contributed by atoms with Crippen LogP contribution in [0.25, 0.3) is 0 Å². The summed E-state index contributed by atoms with van der Waals surface area (Å²) in [5.74, 6) is 0.888. The number of unbranched alkanes of at least 4 members (excludes halogenated alkanes) is 7. The number of nitrogens with one attached hydrogen (secondary N) is 1. The average Bonchev–Trinajstić information content (AvgIpc) is 2.62. The van der Waals surface area contributed by atoms with Crippen molar-refractivity contribution in [3.8, 4) is 0 Å². The Morgan fingerprint density at radius 2 is 1.56 bits per heavy atom. The largest absolute Gasteiger partial charge is 0.273 e. The van der Waals surface area contributed by atoms with Crippen LogP contribution in [0.4, 0.5) is 0 Å². The van der Waals surface area contributed by atoms with Gasteiger partial charge in [-0.2, -0.15) is 5.10 Å². The summed E-state index contributed by atoms with van der Waals surface area (Å²) in [6.45, 7) is 9.30. The highest BCUT2D eigenvalue weighted by Crippen LogP contribution is 2.39. The zero-order valence-electron chi connectivity index (χ0n) is 17.3. The molecule has 0 radical (unpaired) electrons. The second-order valence-corrected chi connectivity index (χ2v) is 8.55. The summed E-state index contributed by atoms with van der Waals surface area (Å²) in [6.07, 6.45) is 16.5. The van der Waals surface area contributed by atoms with Crippen molar-refractivity contribution in [2.75, 3.05) is 0 Å². The molecule has 1 saturated carbocycles. The molecule has 1 fully saturated rings. The zero-order valence-corrected chi connectivity index (χ0v) is 17.3. The maximum Gasteiger partial charge on any atom is 0.240 e. The molecule has 146 valence electrons. The molecule has 0 aromatic heterocycles. The first kappa shape index (κ1) is 22.2. The van der Waals surface area contributed by atoms with Gasteiger partial charge in [-0.05, 0) is 43.4 Å². The molecule has 1 amide bonds. The summed E-state index contributed by atoms with van der Waals surface area (Å²) < 4.78 is 0. The van der Waals surface area contributed by atoms with Crippen LogP contribution in [-0.2, 0) is 4.79 Å². The van der Waals surface area contributed by atoms with E-state index >= 15 is 0 Å². The Morgan fingerprint density at radius 1 is 1.00 bits per heavy atom. The van der Waals surface area contributed by atoms with Gasteiger partial charge in [-0.15, -0.1) is 0 Å². The Labute approximate surface area is 156 Å². The number of hydrazone groups is 1. The van der Waals surface area contributed by atoms with E-state index in [9.17, 15) is 4.79 Å². The lowest BCUT2D eigenvalue weighted by Gasteiger charge is -2.36. The van der Waals surface area contributed by atoms with Crippen molar-refractivity contribution in [3.63, 3.8) is 0 Å². The highest BCUT2D eigenvalue weighted by atomic mass is 16.2. The molecule has 1 aliphatic rings. The van der Waals surface area contributed by atoms with E-state index in [0.29, 0.717) is 11.8 Å². The maximum atomic E-state index is 11.9. The van der Waals surface area contributed by atoms with Crippen molar-refractivity contribution in [1.29, 1.82) is 0 Å². The summed E-state index contributed by atoms with van der Waals surface area (Å²) in [6, 6.07) is 0. The number of hydrogen-bond donors (Lipinski definition) is 1. The second-order valence-electron chi connectivity index (χ2n) is 8.55. The fourth-order valence-electron chi connectivity index (χ4n) is 3.75. The van der Waals surface area contributed by atoms with Gasteiger partial charge in [-0.3, -0.25) is 4.79 Å². The molecule has 0 aromatic rings. The number of rotatable bonds is 12. The minimum atomic E-state index is 0.0921. The minimum absolute atomic E-state index is 0.0921. The lowest BCUT2D eigenvalue weighted by Crippen LogP contribution is -2.29. The summed E-state index contributed by atoms with van der Waals surface area (Å²) in [5, 5.41) is 4.39. The van der Waals surface area contributed by atoms with Gasteiger partial charge in [0.25, 0.3) is 0 Å². The molecule has 3 heteroatoms. The van der Waals surface area contributed by atoms with E-state index in [2.05, 4.69) is 38.2 Å². The van der Waals surface area contributed by atoms with Crippen LogP contribution in [0.1, 0.15) is 118 Å². The predicted molar refractivity (Wildman–Crippen MR) is 109 cm³/mol. The van der Waals surface area contributed by atoms with Crippen LogP contribution in [0, 0.1) is 11.3 Å². The van der Waals surface area contributed by atoms with Crippen LogP contribution in [0.2, 0.25) is 0 Å². The highest BCUT2D eigenvalue weighted by Gasteiger charge is 2.30. The van der Waals surface area contributed by atoms with E-state index in [4.69, 9.17) is 0 Å². The molecule has 0 aromatic carbocycles. The minimum Gasteiger partial charge on any atom is -0.273 e. The van der Waals surface area contributed by atoms with Gasteiger partial charge in [0.15, 0.2) is 0 Å². The molecular formula is C22H42N2O. The highest BCUT2D eigenvalue weighted by molar-refractivity contribution is 5.86. The molecule has 0 spiro atoms. The fourth-order valence-corrected chi connectivity index (χ4v) is 3.75. The third kappa shape index (κ3) is 9.42. The summed E-state index contributed by atoms with van der Waals surface area (Å²) in [4.78, 5) is 11.9. The Bertz CT molecular complexity index is 391. The Balaban J connectivity index is 2.09. The molecular weight excluding hydrogens is 308 g/mol. The standard InChI is InChI=1S/C22H42N2O/c1-5-7-8-9-10-11-12-13-14-21(25)24-23-20-17-15-19(16-18-20)22(3,4)6-2/h19H,5-18H2,1-4H3,(H,24,25). The van der Waals surface area contributed by atoms with Crippen molar-refractivity contribution < 1.29 is 4.79 Å². The van der Waals surface area contributed by atoms with Gasteiger partial charge in [0.05, 0.1) is 0 Å². The van der Waals surface area contributed by atoms with Crippen LogP contribution < -0.4 is 5.43 Å². The summed E-state index contributed by atoms with van der Waals surface area (Å²) in [7, 11) is 0. The van der Waals surface area contributed by atoms with E-state index in [-0.39, 0.29) is 5.91 Å². The number of amides is 1. The van der Waals surface area contributed by atoms with Crippen molar-refractivity contribution >= 4 is 11.6 Å². The molecule has 0 saturated heterocycles. The monoisotopic (exact) mass is 350 g/mol. The average molecular weight is 351 g/mol. The molecule has 3 nitrogen and oxygen atoms in total. The van der Waals surface area contributed by atoms with Crippen LogP contribution in [0.5, 0.6) is 0 Å². The zero-order chi connectivity index (χ0) is 18.5. The molecule has 1 rings (SSSR count). The van der Waals surface area contributed by atoms with E-state index in [0.717, 1.165) is 25.2 Å². The lowest BCUT2D eigenvalue weighted by molar-refractivity contribution is -0.121. The van der Waals surface area contributed by atoms with E-state index in [1.807, 2.05) is 0 Å². The molecule has 0 bridgehead atoms. The van der Waals surface area contributed by atoms with E-state index < -0.39 is 0 Å². The predicted octanol–water partition coefficient (Wildman–Crippen LogP) is 6.62. The molecule has 0 atom stereocenters. The van der Waals surface area contributed by atoms with Crippen LogP contribution in [0.15, 0.2) is 5.10 Å². The van der Waals surface area contributed by atoms with Gasteiger partial charge in [0.2, 0.25) is 5.91 Å². The van der Waals surface area contributed by atoms with Crippen LogP contribution >= 0.6 is 0 Å². The quantitative estimate of drug-likeness (QED) is 0.312. The third-order valence-electron chi connectivity index (χ3n) is 6.18. The number of nitrogens with zero attached hydrogens (tertiary/aromatic N) is 1. The van der Waals surface area contributed by atoms with Gasteiger partial charge < -0.3 is 0 Å². The van der Waals surface area contributed by atoms with Gasteiger partial charge in [-0.25, -0.2) is 5.43 Å². The number of hydrogen-bond acceptors (Lipinski definition) is 2. The molecule has 0 unspecified atom stereocenters. The van der Waals surface area contributed by atoms with Gasteiger partial charge in [-0.1, -0.05) is 79.1 Å². The number of carbonyl (C=O) groups excluding carboxylic acids is 1. The second kappa shape index (κ2) is 12.5. The first-order valence-corrected chi connectivity index (χ1v) is 10.8. The van der Waals surface area contributed by atoms with Gasteiger partial charge in [0.1, 0.15) is 0 Å². The topological polar surface area (TPSA) is 41.5 Å². The first-order valence-electron chi connectivity index (χ1n) is 10.8. The Morgan fingerprint density at radius 3 is 2.12 bits per heavy atom. The molecule has 0 aliphatic heterocycles. The summed E-state index contributed by atoms with van der Waals surface area (Å²) >= 11 is 0. The van der Waals surface area contributed by atoms with Crippen molar-refractivity contribution in [2.24, 2.45) is 16.4 Å². The third-order valence-corrected chi connectivity index (χ3v) is 6.18. The molecule has 1 aliphatic carbocycles. The molecule has 25 heavy (non-hydrogen) atoms. The smallest absolute Gasteiger partial charge is 0.240 e. The van der Waals surface area contributed by atoms with Crippen LogP contribution in [-0.4, -0.2) is 11.6 Å². The van der Waals surface area contributed by atoms with Crippen molar-refractivity contribution in [3.05, 3.63) is 0 Å². The van der Waals surface area contributed by atoms with E-state index in [1.165, 1.54) is 69.9 Å². The SMILES string of the molecule is CCCCCCCCCCC(=O)NN=C1CCC(C(C)(C)CC)CC1. The Hall–Kier alpha value is -0.860. The Kier molecular flexibility index (Phi) is 11.1. The van der Waals surface area contributed by atoms with Crippen molar-refractivity contribution in [1.82, 2.24) is 5.43 Å². The van der Waals surface area contributed by atoms with Crippen LogP contribution in [0.3, 0.4) is 0 Å². The fraction of sp³-hybridized carbons (Fsp3) is 0.909. The summed E-state index contributed by atoms with van der Waals surface area (Å²) in [5.41, 5.74) is 4.41. The van der Waals surface area contributed by atoms with E-state index in [1.54, 1.807) is 0 Å². The van der Waals surface area contributed by atoms with Gasteiger partial charge >= 0.3 is 0 Å². The van der Waals surface area contributed by atoms with Crippen molar-refractivity contribution in [2.45, 2.75) is 118 Å². The number of carbonyl (C=O) groups is 1. The normalized spacial score (nSPS) is 18.2. The maximum absolute atomic E-state index is 11.9. The lowest BCUT2D eigenvalue weighted by atomic mass is 9.69. The molecule has 0 heterocycles. The molecule has 1 N–H and O–H groups in total.